The maximum atomic E-state index is 14.5. The van der Waals surface area contributed by atoms with Crippen LogP contribution in [0.2, 0.25) is 0 Å². The molecule has 1 unspecified atom stereocenters. The minimum atomic E-state index is -1.20. The van der Waals surface area contributed by atoms with E-state index in [4.69, 9.17) is 20.9 Å². The molecule has 0 radical (unpaired) electrons. The van der Waals surface area contributed by atoms with Crippen LogP contribution in [-0.4, -0.2) is 37.5 Å². The van der Waals surface area contributed by atoms with Gasteiger partial charge in [-0.1, -0.05) is 103 Å². The SMILES string of the molecule is Nc1cccc(C(OC(C(=O)c2ccccc2)[C@@H]2CC[C@H](n3cnc4c(N)ncnc43)O2)(c2ccccc2)c2ccccc2)c1. The summed E-state index contributed by atoms with van der Waals surface area (Å²) in [5.41, 5.74) is 15.9. The van der Waals surface area contributed by atoms with Crippen LogP contribution in [-0.2, 0) is 15.1 Å². The normalized spacial score (nSPS) is 17.3. The summed E-state index contributed by atoms with van der Waals surface area (Å²) in [6.07, 6.45) is 2.23. The summed E-state index contributed by atoms with van der Waals surface area (Å²) in [6, 6.07) is 36.7. The third-order valence-electron chi connectivity index (χ3n) is 8.34. The maximum Gasteiger partial charge on any atom is 0.194 e. The summed E-state index contributed by atoms with van der Waals surface area (Å²) in [4.78, 5) is 27.4. The van der Waals surface area contributed by atoms with Gasteiger partial charge in [0.2, 0.25) is 0 Å². The predicted molar refractivity (Wildman–Crippen MR) is 172 cm³/mol. The van der Waals surface area contributed by atoms with E-state index < -0.39 is 24.0 Å². The van der Waals surface area contributed by atoms with Crippen molar-refractivity contribution in [3.8, 4) is 0 Å². The molecule has 0 amide bonds. The first-order valence-electron chi connectivity index (χ1n) is 14.9. The van der Waals surface area contributed by atoms with E-state index in [1.54, 1.807) is 18.5 Å². The lowest BCUT2D eigenvalue weighted by Gasteiger charge is -2.40. The van der Waals surface area contributed by atoms with Crippen LogP contribution in [0.4, 0.5) is 11.5 Å². The number of ether oxygens (including phenoxy) is 2. The summed E-state index contributed by atoms with van der Waals surface area (Å²) in [7, 11) is 0. The van der Waals surface area contributed by atoms with E-state index in [0.29, 0.717) is 41.1 Å². The van der Waals surface area contributed by atoms with Crippen molar-refractivity contribution in [2.24, 2.45) is 0 Å². The molecule has 0 aliphatic carbocycles. The van der Waals surface area contributed by atoms with Crippen molar-refractivity contribution in [1.82, 2.24) is 19.5 Å². The minimum Gasteiger partial charge on any atom is -0.399 e. The van der Waals surface area contributed by atoms with Gasteiger partial charge in [-0.2, -0.15) is 0 Å². The quantitative estimate of drug-likeness (QED) is 0.119. The number of hydrogen-bond donors (Lipinski definition) is 2. The van der Waals surface area contributed by atoms with Crippen LogP contribution in [0.5, 0.6) is 0 Å². The van der Waals surface area contributed by atoms with Gasteiger partial charge in [0.05, 0.1) is 12.4 Å². The number of hydrogen-bond acceptors (Lipinski definition) is 8. The van der Waals surface area contributed by atoms with E-state index in [2.05, 4.69) is 15.0 Å². The first-order chi connectivity index (χ1) is 22.0. The topological polar surface area (TPSA) is 131 Å². The number of carbonyl (C=O) groups excluding carboxylic acids is 1. The number of rotatable bonds is 9. The molecular formula is C36H32N6O3. The van der Waals surface area contributed by atoms with E-state index in [-0.39, 0.29) is 5.78 Å². The Labute approximate surface area is 260 Å². The largest absolute Gasteiger partial charge is 0.399 e. The molecule has 4 N–H and O–H groups in total. The molecular weight excluding hydrogens is 564 g/mol. The average molecular weight is 597 g/mol. The fourth-order valence-electron chi connectivity index (χ4n) is 6.22. The monoisotopic (exact) mass is 596 g/mol. The second-order valence-corrected chi connectivity index (χ2v) is 11.1. The van der Waals surface area contributed by atoms with Crippen LogP contribution in [0.15, 0.2) is 128 Å². The Morgan fingerprint density at radius 2 is 1.44 bits per heavy atom. The van der Waals surface area contributed by atoms with Gasteiger partial charge in [-0.15, -0.1) is 0 Å². The molecule has 7 rings (SSSR count). The summed E-state index contributed by atoms with van der Waals surface area (Å²) in [6.45, 7) is 0. The van der Waals surface area contributed by atoms with Crippen LogP contribution in [0, 0.1) is 0 Å². The number of nitrogen functional groups attached to an aromatic ring is 2. The Morgan fingerprint density at radius 3 is 2.11 bits per heavy atom. The van der Waals surface area contributed by atoms with Gasteiger partial charge in [-0.05, 0) is 41.7 Å². The van der Waals surface area contributed by atoms with Crippen molar-refractivity contribution < 1.29 is 14.3 Å². The number of nitrogens with two attached hydrogens (primary N) is 2. The van der Waals surface area contributed by atoms with Crippen molar-refractivity contribution in [3.63, 3.8) is 0 Å². The molecule has 3 heterocycles. The molecule has 9 heteroatoms. The Hall–Kier alpha value is -5.38. The third kappa shape index (κ3) is 5.22. The number of imidazole rings is 1. The number of benzene rings is 4. The molecule has 2 aromatic heterocycles. The van der Waals surface area contributed by atoms with Crippen molar-refractivity contribution in [2.45, 2.75) is 36.9 Å². The zero-order valence-corrected chi connectivity index (χ0v) is 24.4. The zero-order chi connectivity index (χ0) is 30.8. The Kier molecular flexibility index (Phi) is 7.54. The van der Waals surface area contributed by atoms with Crippen LogP contribution >= 0.6 is 0 Å². The van der Waals surface area contributed by atoms with Crippen LogP contribution in [0.25, 0.3) is 11.2 Å². The van der Waals surface area contributed by atoms with Gasteiger partial charge in [0.15, 0.2) is 17.2 Å². The van der Waals surface area contributed by atoms with Crippen molar-refractivity contribution in [1.29, 1.82) is 0 Å². The summed E-state index contributed by atoms with van der Waals surface area (Å²) in [5.74, 6) is 0.120. The lowest BCUT2D eigenvalue weighted by atomic mass is 9.79. The van der Waals surface area contributed by atoms with E-state index >= 15 is 0 Å². The molecule has 1 aliphatic rings. The van der Waals surface area contributed by atoms with E-state index in [0.717, 1.165) is 16.7 Å². The number of nitrogens with zero attached hydrogens (tertiary/aromatic N) is 4. The fourth-order valence-corrected chi connectivity index (χ4v) is 6.22. The standard InChI is InChI=1S/C36H32N6O3/c37-28-18-10-17-27(21-28)36(25-13-6-2-7-14-25,26-15-8-3-9-16-26)45-33(32(43)24-11-4-1-5-12-24)29-19-20-30(44-29)42-23-41-31-34(38)39-22-40-35(31)42/h1-18,21-23,29-30,33H,19-20,37H2,(H2,38,39,40)/t29-,30+,33?/m0/s1. The summed E-state index contributed by atoms with van der Waals surface area (Å²) in [5, 5.41) is 0. The molecule has 224 valence electrons. The molecule has 1 fully saturated rings. The highest BCUT2D eigenvalue weighted by Crippen LogP contribution is 2.44. The number of ketones is 1. The Morgan fingerprint density at radius 1 is 0.800 bits per heavy atom. The third-order valence-corrected chi connectivity index (χ3v) is 8.34. The van der Waals surface area contributed by atoms with Crippen molar-refractivity contribution >= 4 is 28.5 Å². The molecule has 0 spiro atoms. The average Bonchev–Trinajstić information content (AvgIpc) is 3.75. The molecule has 1 aliphatic heterocycles. The number of anilines is 2. The fraction of sp³-hybridized carbons (Fsp3) is 0.167. The highest BCUT2D eigenvalue weighted by Gasteiger charge is 2.46. The highest BCUT2D eigenvalue weighted by atomic mass is 16.6. The number of Topliss-reactive ketones (excluding diaryl/α,β-unsaturated/α-hetero) is 1. The van der Waals surface area contributed by atoms with Crippen LogP contribution in [0.1, 0.15) is 46.1 Å². The second-order valence-electron chi connectivity index (χ2n) is 11.1. The predicted octanol–water partition coefficient (Wildman–Crippen LogP) is 5.93. The van der Waals surface area contributed by atoms with Gasteiger partial charge >= 0.3 is 0 Å². The molecule has 0 bridgehead atoms. The van der Waals surface area contributed by atoms with E-state index in [1.165, 1.54) is 6.33 Å². The molecule has 45 heavy (non-hydrogen) atoms. The first-order valence-corrected chi connectivity index (χ1v) is 14.9. The lowest BCUT2D eigenvalue weighted by Crippen LogP contribution is -2.45. The first kappa shape index (κ1) is 28.4. The van der Waals surface area contributed by atoms with E-state index in [9.17, 15) is 4.79 Å². The Bertz CT molecular complexity index is 1890. The van der Waals surface area contributed by atoms with Gasteiger partial charge in [-0.25, -0.2) is 15.0 Å². The molecule has 3 atom stereocenters. The minimum absolute atomic E-state index is 0.177. The van der Waals surface area contributed by atoms with Gasteiger partial charge in [0, 0.05) is 11.3 Å². The van der Waals surface area contributed by atoms with Crippen LogP contribution < -0.4 is 11.5 Å². The maximum absolute atomic E-state index is 14.5. The number of fused-ring (bicyclic) bond motifs is 1. The van der Waals surface area contributed by atoms with Crippen LogP contribution in [0.3, 0.4) is 0 Å². The molecule has 1 saturated heterocycles. The lowest BCUT2D eigenvalue weighted by molar-refractivity contribution is -0.110. The summed E-state index contributed by atoms with van der Waals surface area (Å²) >= 11 is 0. The number of carbonyl (C=O) groups is 1. The summed E-state index contributed by atoms with van der Waals surface area (Å²) < 4.78 is 15.9. The van der Waals surface area contributed by atoms with Crippen molar-refractivity contribution in [3.05, 3.63) is 150 Å². The van der Waals surface area contributed by atoms with Crippen molar-refractivity contribution in [2.75, 3.05) is 11.5 Å². The van der Waals surface area contributed by atoms with Gasteiger partial charge in [-0.3, -0.25) is 9.36 Å². The molecule has 6 aromatic rings. The number of aromatic nitrogens is 4. The highest BCUT2D eigenvalue weighted by molar-refractivity contribution is 6.00. The molecule has 4 aromatic carbocycles. The second kappa shape index (κ2) is 12.0. The molecule has 9 nitrogen and oxygen atoms in total. The van der Waals surface area contributed by atoms with E-state index in [1.807, 2.05) is 108 Å². The zero-order valence-electron chi connectivity index (χ0n) is 24.4. The van der Waals surface area contributed by atoms with Gasteiger partial charge in [0.25, 0.3) is 0 Å². The van der Waals surface area contributed by atoms with Gasteiger partial charge in [0.1, 0.15) is 29.8 Å². The smallest absolute Gasteiger partial charge is 0.194 e. The Balaban J connectivity index is 1.37. The van der Waals surface area contributed by atoms with Gasteiger partial charge < -0.3 is 20.9 Å². The molecule has 0 saturated carbocycles.